The molecule has 168 valence electrons. The molecule has 7 nitrogen and oxygen atoms in total. The fourth-order valence-electron chi connectivity index (χ4n) is 4.52. The van der Waals surface area contributed by atoms with E-state index in [9.17, 15) is 14.4 Å². The van der Waals surface area contributed by atoms with Crippen molar-refractivity contribution >= 4 is 23.3 Å². The van der Waals surface area contributed by atoms with Gasteiger partial charge < -0.3 is 9.80 Å². The van der Waals surface area contributed by atoms with Crippen LogP contribution in [0.25, 0.3) is 0 Å². The Bertz CT molecular complexity index is 1050. The first-order chi connectivity index (χ1) is 15.3. The molecule has 1 atom stereocenters. The lowest BCUT2D eigenvalue weighted by Gasteiger charge is -2.44. The number of aryl methyl sites for hydroxylation is 1. The Hall–Kier alpha value is -3.09. The number of amides is 1. The Balaban J connectivity index is 1.48. The van der Waals surface area contributed by atoms with Gasteiger partial charge in [0.1, 0.15) is 11.7 Å². The quantitative estimate of drug-likeness (QED) is 0.649. The Kier molecular flexibility index (Phi) is 6.35. The zero-order chi connectivity index (χ0) is 22.8. The van der Waals surface area contributed by atoms with E-state index in [4.69, 9.17) is 0 Å². The van der Waals surface area contributed by atoms with Gasteiger partial charge in [-0.05, 0) is 37.0 Å². The molecule has 1 amide bonds. The highest BCUT2D eigenvalue weighted by molar-refractivity contribution is 5.99. The predicted octanol–water partition coefficient (Wildman–Crippen LogP) is 3.25. The summed E-state index contributed by atoms with van der Waals surface area (Å²) >= 11 is 0. The summed E-state index contributed by atoms with van der Waals surface area (Å²) in [4.78, 5) is 42.2. The van der Waals surface area contributed by atoms with Crippen LogP contribution in [0, 0.1) is 12.8 Å². The third-order valence-corrected chi connectivity index (χ3v) is 6.37. The number of anilines is 1. The van der Waals surface area contributed by atoms with Crippen molar-refractivity contribution in [1.82, 2.24) is 15.1 Å². The van der Waals surface area contributed by atoms with E-state index in [-0.39, 0.29) is 23.9 Å². The van der Waals surface area contributed by atoms with Crippen molar-refractivity contribution < 1.29 is 14.4 Å². The van der Waals surface area contributed by atoms with Crippen LogP contribution in [-0.2, 0) is 11.2 Å². The first kappa shape index (κ1) is 22.1. The molecule has 2 aliphatic heterocycles. The smallest absolute Gasteiger partial charge is 0.254 e. The Morgan fingerprint density at radius 2 is 1.94 bits per heavy atom. The van der Waals surface area contributed by atoms with Crippen LogP contribution in [0.3, 0.4) is 0 Å². The molecule has 1 saturated heterocycles. The molecule has 2 aliphatic rings. The summed E-state index contributed by atoms with van der Waals surface area (Å²) in [5.41, 5.74) is 2.70. The van der Waals surface area contributed by atoms with E-state index >= 15 is 0 Å². The molecule has 1 aromatic heterocycles. The lowest BCUT2D eigenvalue weighted by atomic mass is 9.94. The average molecular weight is 435 g/mol. The van der Waals surface area contributed by atoms with Gasteiger partial charge in [0, 0.05) is 43.6 Å². The molecular weight excluding hydrogens is 404 g/mol. The third kappa shape index (κ3) is 4.42. The summed E-state index contributed by atoms with van der Waals surface area (Å²) in [5.74, 6) is 1.20. The minimum absolute atomic E-state index is 0.0239. The van der Waals surface area contributed by atoms with Crippen molar-refractivity contribution in [2.45, 2.75) is 52.5 Å². The number of Topliss-reactive ketones (excluding diaryl/α,β-unsaturated/α-hetero) is 2. The number of rotatable bonds is 6. The van der Waals surface area contributed by atoms with Crippen LogP contribution in [-0.4, -0.2) is 58.2 Å². The van der Waals surface area contributed by atoms with Crippen molar-refractivity contribution in [3.63, 3.8) is 0 Å². The topological polar surface area (TPSA) is 83.5 Å². The van der Waals surface area contributed by atoms with E-state index in [2.05, 4.69) is 24.0 Å². The van der Waals surface area contributed by atoms with Gasteiger partial charge in [-0.3, -0.25) is 14.4 Å². The number of carbonyl (C=O) groups is 3. The fourth-order valence-corrected chi connectivity index (χ4v) is 4.52. The Morgan fingerprint density at radius 3 is 2.69 bits per heavy atom. The van der Waals surface area contributed by atoms with E-state index < -0.39 is 6.04 Å². The van der Waals surface area contributed by atoms with Crippen molar-refractivity contribution in [2.75, 3.05) is 24.5 Å². The van der Waals surface area contributed by atoms with Crippen LogP contribution >= 0.6 is 0 Å². The van der Waals surface area contributed by atoms with E-state index in [1.165, 1.54) is 0 Å². The molecular formula is C25H30N4O3. The normalized spacial score (nSPS) is 17.9. The average Bonchev–Trinajstić information content (AvgIpc) is 2.78. The largest absolute Gasteiger partial charge is 0.341 e. The number of nitrogens with zero attached hydrogens (tertiary/aromatic N) is 4. The monoisotopic (exact) mass is 434 g/mol. The van der Waals surface area contributed by atoms with Crippen LogP contribution in [0.15, 0.2) is 30.3 Å². The fraction of sp³-hybridized carbons (Fsp3) is 0.480. The van der Waals surface area contributed by atoms with Crippen LogP contribution in [0.4, 0.5) is 5.82 Å². The van der Waals surface area contributed by atoms with Gasteiger partial charge in [-0.1, -0.05) is 38.5 Å². The zero-order valence-electron chi connectivity index (χ0n) is 19.0. The highest BCUT2D eigenvalue weighted by Gasteiger charge is 2.40. The summed E-state index contributed by atoms with van der Waals surface area (Å²) in [7, 11) is 0. The molecule has 3 heterocycles. The molecule has 0 N–H and O–H groups in total. The SMILES string of the molecule is Cc1ccccc1C(=O)N1CCN2c3nnc(C(=O)CCCC(C)C)cc3CC(=O)C2C1. The molecule has 0 aliphatic carbocycles. The van der Waals surface area contributed by atoms with E-state index in [0.29, 0.717) is 49.0 Å². The molecule has 0 spiro atoms. The van der Waals surface area contributed by atoms with Gasteiger partial charge >= 0.3 is 0 Å². The number of ketones is 2. The first-order valence-electron chi connectivity index (χ1n) is 11.4. The van der Waals surface area contributed by atoms with Crippen molar-refractivity contribution in [3.8, 4) is 0 Å². The van der Waals surface area contributed by atoms with Gasteiger partial charge in [-0.25, -0.2) is 0 Å². The second-order valence-electron chi connectivity index (χ2n) is 9.21. The van der Waals surface area contributed by atoms with Gasteiger partial charge in [0.05, 0.1) is 0 Å². The summed E-state index contributed by atoms with van der Waals surface area (Å²) in [6, 6.07) is 8.82. The second kappa shape index (κ2) is 9.18. The summed E-state index contributed by atoms with van der Waals surface area (Å²) < 4.78 is 0. The molecule has 4 rings (SSSR count). The maximum absolute atomic E-state index is 13.0. The molecule has 1 aromatic carbocycles. The van der Waals surface area contributed by atoms with Gasteiger partial charge in [-0.2, -0.15) is 0 Å². The van der Waals surface area contributed by atoms with Crippen LogP contribution in [0.1, 0.15) is 65.1 Å². The molecule has 2 aromatic rings. The van der Waals surface area contributed by atoms with Crippen molar-refractivity contribution in [3.05, 3.63) is 52.7 Å². The van der Waals surface area contributed by atoms with E-state index in [1.54, 1.807) is 11.0 Å². The number of benzene rings is 1. The number of hydrogen-bond acceptors (Lipinski definition) is 6. The third-order valence-electron chi connectivity index (χ3n) is 6.37. The second-order valence-corrected chi connectivity index (χ2v) is 9.21. The first-order valence-corrected chi connectivity index (χ1v) is 11.4. The van der Waals surface area contributed by atoms with Crippen molar-refractivity contribution in [2.24, 2.45) is 5.92 Å². The van der Waals surface area contributed by atoms with Gasteiger partial charge in [0.15, 0.2) is 17.4 Å². The highest BCUT2D eigenvalue weighted by atomic mass is 16.2. The molecule has 0 bridgehead atoms. The summed E-state index contributed by atoms with van der Waals surface area (Å²) in [6.45, 7) is 7.55. The lowest BCUT2D eigenvalue weighted by molar-refractivity contribution is -0.120. The van der Waals surface area contributed by atoms with E-state index in [0.717, 1.165) is 24.0 Å². The maximum Gasteiger partial charge on any atom is 0.254 e. The van der Waals surface area contributed by atoms with Crippen LogP contribution < -0.4 is 4.90 Å². The van der Waals surface area contributed by atoms with Crippen molar-refractivity contribution in [1.29, 1.82) is 0 Å². The van der Waals surface area contributed by atoms with Crippen LogP contribution in [0.2, 0.25) is 0 Å². The standard InChI is InChI=1S/C25H30N4O3/c1-16(2)7-6-10-22(30)20-13-18-14-23(31)21-15-28(11-12-29(21)24(18)27-26-20)25(32)19-9-5-4-8-17(19)3/h4-5,8-9,13,16,21H,6-7,10-12,14-15H2,1-3H3. The maximum atomic E-state index is 13.0. The van der Waals surface area contributed by atoms with Gasteiger partial charge in [0.2, 0.25) is 0 Å². The van der Waals surface area contributed by atoms with Gasteiger partial charge in [-0.15, -0.1) is 10.2 Å². The Labute approximate surface area is 188 Å². The number of piperazine rings is 1. The zero-order valence-corrected chi connectivity index (χ0v) is 19.0. The minimum atomic E-state index is -0.425. The minimum Gasteiger partial charge on any atom is -0.341 e. The molecule has 32 heavy (non-hydrogen) atoms. The molecule has 1 unspecified atom stereocenters. The van der Waals surface area contributed by atoms with E-state index in [1.807, 2.05) is 36.1 Å². The number of fused-ring (bicyclic) bond motifs is 3. The predicted molar refractivity (Wildman–Crippen MR) is 122 cm³/mol. The highest BCUT2D eigenvalue weighted by Crippen LogP contribution is 2.30. The van der Waals surface area contributed by atoms with Gasteiger partial charge in [0.25, 0.3) is 5.91 Å². The summed E-state index contributed by atoms with van der Waals surface area (Å²) in [5, 5.41) is 8.53. The molecule has 1 fully saturated rings. The number of hydrogen-bond donors (Lipinski definition) is 0. The molecule has 0 saturated carbocycles. The molecule has 7 heteroatoms. The number of carbonyl (C=O) groups excluding carboxylic acids is 3. The summed E-state index contributed by atoms with van der Waals surface area (Å²) in [6.07, 6.45) is 2.48. The lowest BCUT2D eigenvalue weighted by Crippen LogP contribution is -2.60. The Morgan fingerprint density at radius 1 is 1.16 bits per heavy atom. The number of aromatic nitrogens is 2. The molecule has 0 radical (unpaired) electrons. The van der Waals surface area contributed by atoms with Crippen LogP contribution in [0.5, 0.6) is 0 Å².